The Kier molecular flexibility index (Phi) is 6.28. The Hall–Kier alpha value is -1.76. The van der Waals surface area contributed by atoms with Gasteiger partial charge in [-0.05, 0) is 58.3 Å². The SMILES string of the molecule is CNC(=O)[C@H]1C[C@@H](N2C=NC3C(NCc4cccc(I)c4)=NC(Cl)=NC32)[C@H](O)[C@@H]1O. The van der Waals surface area contributed by atoms with Gasteiger partial charge in [-0.2, -0.15) is 0 Å². The molecule has 1 aromatic rings. The average Bonchev–Trinajstić information content (AvgIpc) is 3.27. The fraction of sp³-hybridized carbons (Fsp3) is 0.474. The van der Waals surface area contributed by atoms with Crippen molar-refractivity contribution in [1.29, 1.82) is 0 Å². The number of carbonyl (C=O) groups is 1. The van der Waals surface area contributed by atoms with Gasteiger partial charge in [-0.15, -0.1) is 0 Å². The molecular formula is C19H22ClIN6O3. The largest absolute Gasteiger partial charge is 0.390 e. The van der Waals surface area contributed by atoms with Gasteiger partial charge in [0.05, 0.1) is 24.4 Å². The zero-order valence-electron chi connectivity index (χ0n) is 16.1. The number of amidine groups is 2. The molecule has 4 rings (SSSR count). The molecule has 2 heterocycles. The highest BCUT2D eigenvalue weighted by atomic mass is 127. The Morgan fingerprint density at radius 1 is 1.37 bits per heavy atom. The number of halogens is 2. The second kappa shape index (κ2) is 8.77. The molecule has 0 spiro atoms. The summed E-state index contributed by atoms with van der Waals surface area (Å²) in [5, 5.41) is 26.8. The van der Waals surface area contributed by atoms with Crippen LogP contribution in [0.5, 0.6) is 0 Å². The number of fused-ring (bicyclic) bond motifs is 1. The third kappa shape index (κ3) is 4.05. The lowest BCUT2D eigenvalue weighted by molar-refractivity contribution is -0.128. The molecule has 1 fully saturated rings. The Morgan fingerprint density at radius 3 is 2.90 bits per heavy atom. The van der Waals surface area contributed by atoms with Crippen LogP contribution in [-0.2, 0) is 11.3 Å². The van der Waals surface area contributed by atoms with Gasteiger partial charge < -0.3 is 25.7 Å². The molecule has 0 saturated heterocycles. The molecule has 9 nitrogen and oxygen atoms in total. The van der Waals surface area contributed by atoms with E-state index in [-0.39, 0.29) is 17.6 Å². The van der Waals surface area contributed by atoms with Crippen LogP contribution in [0.1, 0.15) is 12.0 Å². The van der Waals surface area contributed by atoms with E-state index in [9.17, 15) is 15.0 Å². The fourth-order valence-corrected chi connectivity index (χ4v) is 4.92. The standard InChI is InChI=1S/C19H22ClIN6O3/c1-22-18(30)11-6-12(15(29)14(11)28)27-8-24-13-16(25-19(20)26-17(13)27)23-7-9-3-2-4-10(21)5-9/h2-5,8,11-15,17,28-29H,6-7H2,1H3,(H,22,30)(H,23,25,26)/t11-,12+,13?,14+,15-,17?/m0/s1. The van der Waals surface area contributed by atoms with Gasteiger partial charge >= 0.3 is 0 Å². The Labute approximate surface area is 192 Å². The minimum Gasteiger partial charge on any atom is -0.390 e. The second-order valence-corrected chi connectivity index (χ2v) is 9.04. The second-order valence-electron chi connectivity index (χ2n) is 7.45. The number of amides is 1. The van der Waals surface area contributed by atoms with Crippen LogP contribution in [0.25, 0.3) is 0 Å². The zero-order valence-corrected chi connectivity index (χ0v) is 19.0. The average molecular weight is 545 g/mol. The summed E-state index contributed by atoms with van der Waals surface area (Å²) in [6.45, 7) is 0.558. The van der Waals surface area contributed by atoms with Crippen LogP contribution in [0.4, 0.5) is 0 Å². The fourth-order valence-electron chi connectivity index (χ4n) is 4.13. The number of nitrogens with one attached hydrogen (secondary N) is 2. The molecule has 30 heavy (non-hydrogen) atoms. The first-order chi connectivity index (χ1) is 14.4. The van der Waals surface area contributed by atoms with E-state index in [0.29, 0.717) is 12.4 Å². The van der Waals surface area contributed by atoms with Crippen molar-refractivity contribution >= 4 is 57.6 Å². The first kappa shape index (κ1) is 21.5. The number of aliphatic imine (C=N–C) groups is 3. The molecule has 0 aromatic heterocycles. The molecule has 3 aliphatic rings. The maximum atomic E-state index is 12.0. The maximum absolute atomic E-state index is 12.0. The van der Waals surface area contributed by atoms with E-state index in [0.717, 1.165) is 9.13 Å². The minimum absolute atomic E-state index is 0.0905. The molecule has 0 bridgehead atoms. The highest BCUT2D eigenvalue weighted by Crippen LogP contribution is 2.34. The highest BCUT2D eigenvalue weighted by molar-refractivity contribution is 14.1. The summed E-state index contributed by atoms with van der Waals surface area (Å²) in [7, 11) is 1.51. The van der Waals surface area contributed by atoms with E-state index in [4.69, 9.17) is 11.6 Å². The van der Waals surface area contributed by atoms with Crippen molar-refractivity contribution in [3.8, 4) is 0 Å². The molecule has 1 amide bonds. The Balaban J connectivity index is 1.49. The van der Waals surface area contributed by atoms with E-state index < -0.39 is 36.4 Å². The molecule has 2 aliphatic heterocycles. The molecule has 1 aromatic carbocycles. The van der Waals surface area contributed by atoms with E-state index >= 15 is 0 Å². The van der Waals surface area contributed by atoms with Crippen molar-refractivity contribution < 1.29 is 15.0 Å². The van der Waals surface area contributed by atoms with Gasteiger partial charge in [-0.25, -0.2) is 9.98 Å². The number of nitrogens with zero attached hydrogens (tertiary/aromatic N) is 4. The lowest BCUT2D eigenvalue weighted by Gasteiger charge is -2.33. The number of aliphatic hydroxyl groups excluding tert-OH is 2. The van der Waals surface area contributed by atoms with Crippen LogP contribution in [-0.4, -0.2) is 76.0 Å². The number of aliphatic hydroxyl groups is 2. The van der Waals surface area contributed by atoms with Crippen LogP contribution in [0.2, 0.25) is 0 Å². The van der Waals surface area contributed by atoms with Gasteiger partial charge in [0.25, 0.3) is 0 Å². The summed E-state index contributed by atoms with van der Waals surface area (Å²) in [4.78, 5) is 27.1. The first-order valence-electron chi connectivity index (χ1n) is 9.57. The van der Waals surface area contributed by atoms with Gasteiger partial charge in [0.1, 0.15) is 18.0 Å². The predicted molar refractivity (Wildman–Crippen MR) is 123 cm³/mol. The van der Waals surface area contributed by atoms with E-state index in [1.807, 2.05) is 18.2 Å². The van der Waals surface area contributed by atoms with Gasteiger partial charge in [0.15, 0.2) is 6.17 Å². The smallest absolute Gasteiger partial charge is 0.225 e. The van der Waals surface area contributed by atoms with Crippen LogP contribution in [0.3, 0.4) is 0 Å². The molecule has 11 heteroatoms. The number of carbonyl (C=O) groups excluding carboxylic acids is 1. The normalized spacial score (nSPS) is 32.5. The van der Waals surface area contributed by atoms with Crippen LogP contribution in [0, 0.1) is 9.49 Å². The molecule has 6 atom stereocenters. The molecule has 0 radical (unpaired) electrons. The monoisotopic (exact) mass is 544 g/mol. The lowest BCUT2D eigenvalue weighted by atomic mass is 10.0. The first-order valence-corrected chi connectivity index (χ1v) is 11.0. The molecule has 160 valence electrons. The van der Waals surface area contributed by atoms with Crippen molar-refractivity contribution in [1.82, 2.24) is 15.5 Å². The third-order valence-corrected chi connectivity index (χ3v) is 6.51. The molecular weight excluding hydrogens is 523 g/mol. The quantitative estimate of drug-likeness (QED) is 0.321. The topological polar surface area (TPSA) is 122 Å². The molecule has 1 aliphatic carbocycles. The van der Waals surface area contributed by atoms with E-state index in [2.05, 4.69) is 54.3 Å². The van der Waals surface area contributed by atoms with Gasteiger partial charge in [0.2, 0.25) is 11.2 Å². The maximum Gasteiger partial charge on any atom is 0.225 e. The van der Waals surface area contributed by atoms with Gasteiger partial charge in [0, 0.05) is 17.2 Å². The van der Waals surface area contributed by atoms with Crippen LogP contribution < -0.4 is 10.6 Å². The molecule has 1 saturated carbocycles. The van der Waals surface area contributed by atoms with Crippen molar-refractivity contribution in [2.24, 2.45) is 20.9 Å². The summed E-state index contributed by atoms with van der Waals surface area (Å²) in [5.74, 6) is -0.408. The van der Waals surface area contributed by atoms with Crippen LogP contribution in [0.15, 0.2) is 39.2 Å². The van der Waals surface area contributed by atoms with Gasteiger partial charge in [-0.1, -0.05) is 12.1 Å². The number of rotatable bonds is 4. The summed E-state index contributed by atoms with van der Waals surface area (Å²) in [6.07, 6.45) is -0.870. The highest BCUT2D eigenvalue weighted by Gasteiger charge is 2.51. The summed E-state index contributed by atoms with van der Waals surface area (Å²) >= 11 is 8.45. The third-order valence-electron chi connectivity index (χ3n) is 5.66. The van der Waals surface area contributed by atoms with Crippen LogP contribution >= 0.6 is 34.2 Å². The lowest BCUT2D eigenvalue weighted by Crippen LogP contribution is -2.52. The summed E-state index contributed by atoms with van der Waals surface area (Å²) in [6, 6.07) is 7.19. The van der Waals surface area contributed by atoms with Crippen molar-refractivity contribution in [3.05, 3.63) is 33.4 Å². The Bertz CT molecular complexity index is 925. The molecule has 4 N–H and O–H groups in total. The zero-order chi connectivity index (χ0) is 21.4. The van der Waals surface area contributed by atoms with Crippen molar-refractivity contribution in [2.75, 3.05) is 7.05 Å². The Morgan fingerprint density at radius 2 is 2.17 bits per heavy atom. The number of benzene rings is 1. The predicted octanol–water partition coefficient (Wildman–Crippen LogP) is 0.283. The van der Waals surface area contributed by atoms with E-state index in [1.165, 1.54) is 7.05 Å². The summed E-state index contributed by atoms with van der Waals surface area (Å²) in [5.41, 5.74) is 1.10. The summed E-state index contributed by atoms with van der Waals surface area (Å²) < 4.78 is 1.14. The number of hydrogen-bond donors (Lipinski definition) is 4. The van der Waals surface area contributed by atoms with Crippen molar-refractivity contribution in [2.45, 2.75) is 43.4 Å². The number of hydrogen-bond acceptors (Lipinski definition) is 8. The van der Waals surface area contributed by atoms with E-state index in [1.54, 1.807) is 11.2 Å². The van der Waals surface area contributed by atoms with Gasteiger partial charge in [-0.3, -0.25) is 9.79 Å². The van der Waals surface area contributed by atoms with Crippen molar-refractivity contribution in [3.63, 3.8) is 0 Å². The molecule has 2 unspecified atom stereocenters. The minimum atomic E-state index is -1.16.